The third-order valence-corrected chi connectivity index (χ3v) is 3.75. The van der Waals surface area contributed by atoms with Gasteiger partial charge in [0.1, 0.15) is 12.1 Å². The second-order valence-corrected chi connectivity index (χ2v) is 5.91. The molecule has 0 spiro atoms. The minimum Gasteiger partial charge on any atom is -0.480 e. The monoisotopic (exact) mass is 319 g/mol. The Kier molecular flexibility index (Phi) is 6.82. The maximum absolute atomic E-state index is 12.5. The first kappa shape index (κ1) is 18.7. The number of rotatable bonds is 8. The molecule has 1 N–H and O–H groups in total. The number of hydrogen-bond acceptors (Lipinski definition) is 3. The van der Waals surface area contributed by atoms with Crippen LogP contribution in [0.15, 0.2) is 43.0 Å². The molecule has 1 atom stereocenters. The van der Waals surface area contributed by atoms with Gasteiger partial charge in [-0.3, -0.25) is 4.90 Å². The van der Waals surface area contributed by atoms with Crippen molar-refractivity contribution in [3.05, 3.63) is 48.6 Å². The molecule has 1 amide bonds. The molecule has 0 fully saturated rings. The summed E-state index contributed by atoms with van der Waals surface area (Å²) in [6.45, 7) is 8.83. The summed E-state index contributed by atoms with van der Waals surface area (Å²) in [6.07, 6.45) is 1.80. The van der Waals surface area contributed by atoms with Crippen molar-refractivity contribution >= 4 is 12.1 Å². The van der Waals surface area contributed by atoms with Gasteiger partial charge in [-0.05, 0) is 39.2 Å². The molecule has 126 valence electrons. The van der Waals surface area contributed by atoms with Gasteiger partial charge < -0.3 is 9.84 Å². The Morgan fingerprint density at radius 2 is 1.96 bits per heavy atom. The summed E-state index contributed by atoms with van der Waals surface area (Å²) in [6, 6.07) is 8.98. The number of carboxylic acids is 1. The highest BCUT2D eigenvalue weighted by Gasteiger charge is 2.44. The van der Waals surface area contributed by atoms with E-state index in [-0.39, 0.29) is 19.1 Å². The van der Waals surface area contributed by atoms with Crippen molar-refractivity contribution < 1.29 is 19.4 Å². The first-order chi connectivity index (χ1) is 10.8. The molecule has 0 aliphatic rings. The second kappa shape index (κ2) is 8.36. The van der Waals surface area contributed by atoms with Crippen LogP contribution in [0.4, 0.5) is 4.79 Å². The lowest BCUT2D eigenvalue weighted by Crippen LogP contribution is -2.58. The van der Waals surface area contributed by atoms with E-state index >= 15 is 0 Å². The number of carbonyl (C=O) groups excluding carboxylic acids is 1. The number of carbonyl (C=O) groups is 2. The van der Waals surface area contributed by atoms with Crippen LogP contribution in [0.25, 0.3) is 0 Å². The molecule has 5 heteroatoms. The molecule has 0 aromatic heterocycles. The van der Waals surface area contributed by atoms with E-state index in [0.29, 0.717) is 6.42 Å². The van der Waals surface area contributed by atoms with E-state index < -0.39 is 17.6 Å². The van der Waals surface area contributed by atoms with Gasteiger partial charge >= 0.3 is 12.1 Å². The molecule has 0 aliphatic carbocycles. The number of allylic oxidation sites excluding steroid dienone is 1. The zero-order valence-corrected chi connectivity index (χ0v) is 14.0. The van der Waals surface area contributed by atoms with Crippen molar-refractivity contribution in [2.75, 3.05) is 0 Å². The zero-order valence-electron chi connectivity index (χ0n) is 14.0. The van der Waals surface area contributed by atoms with Crippen molar-refractivity contribution in [2.24, 2.45) is 0 Å². The summed E-state index contributed by atoms with van der Waals surface area (Å²) < 4.78 is 5.33. The quantitative estimate of drug-likeness (QED) is 0.739. The van der Waals surface area contributed by atoms with E-state index in [0.717, 1.165) is 5.56 Å². The zero-order chi connectivity index (χ0) is 17.5. The molecule has 0 saturated heterocycles. The van der Waals surface area contributed by atoms with Crippen molar-refractivity contribution in [3.8, 4) is 0 Å². The van der Waals surface area contributed by atoms with E-state index in [1.54, 1.807) is 26.8 Å². The Bertz CT molecular complexity index is 541. The van der Waals surface area contributed by atoms with Crippen LogP contribution in [0.5, 0.6) is 0 Å². The highest BCUT2D eigenvalue weighted by atomic mass is 16.6. The lowest BCUT2D eigenvalue weighted by Gasteiger charge is -2.39. The number of ether oxygens (including phenoxy) is 1. The molecule has 23 heavy (non-hydrogen) atoms. The van der Waals surface area contributed by atoms with Gasteiger partial charge in [0.25, 0.3) is 0 Å². The van der Waals surface area contributed by atoms with E-state index in [9.17, 15) is 14.7 Å². The Balaban J connectivity index is 2.92. The number of amides is 1. The van der Waals surface area contributed by atoms with Gasteiger partial charge in [-0.1, -0.05) is 36.4 Å². The van der Waals surface area contributed by atoms with Crippen LogP contribution < -0.4 is 0 Å². The van der Waals surface area contributed by atoms with Crippen LogP contribution in [0.3, 0.4) is 0 Å². The smallest absolute Gasteiger partial charge is 0.411 e. The van der Waals surface area contributed by atoms with Crippen LogP contribution in [-0.2, 0) is 16.1 Å². The number of benzene rings is 1. The van der Waals surface area contributed by atoms with Gasteiger partial charge in [-0.2, -0.15) is 0 Å². The van der Waals surface area contributed by atoms with Gasteiger partial charge in [0.15, 0.2) is 0 Å². The van der Waals surface area contributed by atoms with Gasteiger partial charge in [-0.15, -0.1) is 6.58 Å². The average Bonchev–Trinajstić information content (AvgIpc) is 2.51. The molecule has 0 radical (unpaired) electrons. The minimum absolute atomic E-state index is 0.111. The van der Waals surface area contributed by atoms with E-state index in [2.05, 4.69) is 6.58 Å². The number of aliphatic carboxylic acids is 1. The summed E-state index contributed by atoms with van der Waals surface area (Å²) in [4.78, 5) is 25.5. The minimum atomic E-state index is -1.34. The maximum Gasteiger partial charge on any atom is 0.411 e. The molecular weight excluding hydrogens is 294 g/mol. The molecule has 1 aromatic rings. The summed E-state index contributed by atoms with van der Waals surface area (Å²) in [5.74, 6) is -1.05. The first-order valence-electron chi connectivity index (χ1n) is 7.67. The maximum atomic E-state index is 12.5. The Labute approximate surface area is 137 Å². The topological polar surface area (TPSA) is 66.8 Å². The lowest BCUT2D eigenvalue weighted by molar-refractivity contribution is -0.151. The predicted octanol–water partition coefficient (Wildman–Crippen LogP) is 3.84. The normalized spacial score (nSPS) is 13.2. The number of nitrogens with zero attached hydrogens (tertiary/aromatic N) is 1. The van der Waals surface area contributed by atoms with Gasteiger partial charge in [-0.25, -0.2) is 9.59 Å². The fraction of sp³-hybridized carbons (Fsp3) is 0.444. The molecule has 5 nitrogen and oxygen atoms in total. The molecule has 0 aliphatic heterocycles. The molecular formula is C18H25NO4. The Morgan fingerprint density at radius 1 is 1.35 bits per heavy atom. The predicted molar refractivity (Wildman–Crippen MR) is 89.1 cm³/mol. The molecule has 0 bridgehead atoms. The number of hydrogen-bond donors (Lipinski definition) is 1. The third kappa shape index (κ3) is 4.84. The van der Waals surface area contributed by atoms with Gasteiger partial charge in [0.2, 0.25) is 0 Å². The van der Waals surface area contributed by atoms with E-state index in [1.165, 1.54) is 4.90 Å². The largest absolute Gasteiger partial charge is 0.480 e. The first-order valence-corrected chi connectivity index (χ1v) is 7.67. The van der Waals surface area contributed by atoms with Crippen LogP contribution in [-0.4, -0.2) is 33.6 Å². The fourth-order valence-electron chi connectivity index (χ4n) is 2.48. The van der Waals surface area contributed by atoms with Gasteiger partial charge in [0, 0.05) is 6.04 Å². The van der Waals surface area contributed by atoms with E-state index in [4.69, 9.17) is 4.74 Å². The van der Waals surface area contributed by atoms with E-state index in [1.807, 2.05) is 30.3 Å². The summed E-state index contributed by atoms with van der Waals surface area (Å²) >= 11 is 0. The van der Waals surface area contributed by atoms with Crippen LogP contribution in [0, 0.1) is 0 Å². The second-order valence-electron chi connectivity index (χ2n) is 5.91. The van der Waals surface area contributed by atoms with Crippen molar-refractivity contribution in [2.45, 2.75) is 51.8 Å². The van der Waals surface area contributed by atoms with Gasteiger partial charge in [0.05, 0.1) is 0 Å². The number of carboxylic acid groups (broad SMARTS) is 1. The summed E-state index contributed by atoms with van der Waals surface area (Å²) in [5, 5.41) is 9.63. The highest BCUT2D eigenvalue weighted by Crippen LogP contribution is 2.26. The van der Waals surface area contributed by atoms with Crippen LogP contribution in [0.2, 0.25) is 0 Å². The summed E-state index contributed by atoms with van der Waals surface area (Å²) in [7, 11) is 0. The van der Waals surface area contributed by atoms with Crippen molar-refractivity contribution in [1.29, 1.82) is 0 Å². The SMILES string of the molecule is C=CCCC(C)(C(=O)O)N(C(=O)OCc1ccccc1)C(C)C. The Morgan fingerprint density at radius 3 is 2.43 bits per heavy atom. The average molecular weight is 319 g/mol. The van der Waals surface area contributed by atoms with Crippen LogP contribution in [0.1, 0.15) is 39.2 Å². The third-order valence-electron chi connectivity index (χ3n) is 3.75. The molecule has 0 saturated carbocycles. The molecule has 1 unspecified atom stereocenters. The summed E-state index contributed by atoms with van der Waals surface area (Å²) in [5.41, 5.74) is -0.483. The molecule has 0 heterocycles. The Hall–Kier alpha value is -2.30. The molecule has 1 rings (SSSR count). The van der Waals surface area contributed by atoms with Crippen molar-refractivity contribution in [1.82, 2.24) is 4.90 Å². The molecule has 1 aromatic carbocycles. The highest BCUT2D eigenvalue weighted by molar-refractivity contribution is 5.84. The van der Waals surface area contributed by atoms with Crippen molar-refractivity contribution in [3.63, 3.8) is 0 Å². The standard InChI is InChI=1S/C18H25NO4/c1-5-6-12-18(4,16(20)21)19(14(2)3)17(22)23-13-15-10-8-7-9-11-15/h5,7-11,14H,1,6,12-13H2,2-4H3,(H,20,21). The van der Waals surface area contributed by atoms with Crippen LogP contribution >= 0.6 is 0 Å². The fourth-order valence-corrected chi connectivity index (χ4v) is 2.48. The lowest BCUT2D eigenvalue weighted by atomic mass is 9.92.